The highest BCUT2D eigenvalue weighted by Gasteiger charge is 2.49. The minimum atomic E-state index is -0.724. The van der Waals surface area contributed by atoms with Crippen molar-refractivity contribution >= 4 is 5.91 Å². The van der Waals surface area contributed by atoms with Gasteiger partial charge in [-0.15, -0.1) is 0 Å². The predicted octanol–water partition coefficient (Wildman–Crippen LogP) is 3.30. The van der Waals surface area contributed by atoms with Gasteiger partial charge in [-0.25, -0.2) is 4.39 Å². The SMILES string of the molecule is CC[C@]1(O)CCC[C@H]2CN(C(=O)c3c(C)ccn(-c4ccc(F)cc4)c3=O)C[C@H]21. The lowest BCUT2D eigenvalue weighted by Gasteiger charge is -2.40. The zero-order valence-corrected chi connectivity index (χ0v) is 16.9. The lowest BCUT2D eigenvalue weighted by molar-refractivity contribution is -0.0609. The van der Waals surface area contributed by atoms with Crippen LogP contribution in [-0.2, 0) is 0 Å². The largest absolute Gasteiger partial charge is 0.390 e. The van der Waals surface area contributed by atoms with Gasteiger partial charge in [-0.1, -0.05) is 13.3 Å². The average molecular weight is 398 g/mol. The van der Waals surface area contributed by atoms with E-state index < -0.39 is 11.2 Å². The van der Waals surface area contributed by atoms with Gasteiger partial charge in [0.1, 0.15) is 11.4 Å². The molecule has 1 aliphatic carbocycles. The van der Waals surface area contributed by atoms with E-state index in [0.717, 1.165) is 19.3 Å². The standard InChI is InChI=1S/C23H27FN2O3/c1-3-23(29)11-4-5-16-13-25(14-19(16)23)21(27)20-15(2)10-12-26(22(20)28)18-8-6-17(24)7-9-18/h6-10,12,16,19,29H,3-5,11,13-14H2,1-2H3/t16-,19+,23-/m0/s1. The molecule has 3 atom stereocenters. The Morgan fingerprint density at radius 3 is 2.66 bits per heavy atom. The first-order valence-corrected chi connectivity index (χ1v) is 10.3. The summed E-state index contributed by atoms with van der Waals surface area (Å²) in [7, 11) is 0. The van der Waals surface area contributed by atoms with Crippen molar-refractivity contribution in [3.05, 3.63) is 63.8 Å². The summed E-state index contributed by atoms with van der Waals surface area (Å²) >= 11 is 0. The maximum atomic E-state index is 13.3. The lowest BCUT2D eigenvalue weighted by Crippen LogP contribution is -2.45. The van der Waals surface area contributed by atoms with Crippen LogP contribution in [0.4, 0.5) is 4.39 Å². The maximum absolute atomic E-state index is 13.3. The molecule has 1 N–H and O–H groups in total. The Kier molecular flexibility index (Phi) is 5.07. The molecule has 2 aliphatic rings. The summed E-state index contributed by atoms with van der Waals surface area (Å²) in [6.45, 7) is 4.82. The molecule has 1 saturated heterocycles. The third-order valence-corrected chi connectivity index (χ3v) is 6.83. The number of carbonyl (C=O) groups excluding carboxylic acids is 1. The fourth-order valence-corrected chi connectivity index (χ4v) is 5.08. The van der Waals surface area contributed by atoms with Crippen LogP contribution in [0, 0.1) is 24.6 Å². The molecule has 0 bridgehead atoms. The highest BCUT2D eigenvalue weighted by Crippen LogP contribution is 2.44. The van der Waals surface area contributed by atoms with Crippen molar-refractivity contribution in [3.63, 3.8) is 0 Å². The molecule has 29 heavy (non-hydrogen) atoms. The van der Waals surface area contributed by atoms with Gasteiger partial charge in [0.2, 0.25) is 0 Å². The van der Waals surface area contributed by atoms with Crippen LogP contribution >= 0.6 is 0 Å². The van der Waals surface area contributed by atoms with Crippen molar-refractivity contribution in [1.29, 1.82) is 0 Å². The summed E-state index contributed by atoms with van der Waals surface area (Å²) in [5.74, 6) is -0.320. The van der Waals surface area contributed by atoms with Crippen molar-refractivity contribution in [3.8, 4) is 5.69 Å². The zero-order chi connectivity index (χ0) is 20.8. The molecule has 1 aromatic heterocycles. The molecule has 6 heteroatoms. The third-order valence-electron chi connectivity index (χ3n) is 6.83. The van der Waals surface area contributed by atoms with E-state index in [4.69, 9.17) is 0 Å². The number of pyridine rings is 1. The molecule has 5 nitrogen and oxygen atoms in total. The van der Waals surface area contributed by atoms with Crippen LogP contribution in [0.3, 0.4) is 0 Å². The second-order valence-electron chi connectivity index (χ2n) is 8.45. The van der Waals surface area contributed by atoms with Crippen LogP contribution in [0.5, 0.6) is 0 Å². The van der Waals surface area contributed by atoms with Crippen LogP contribution in [0.25, 0.3) is 5.69 Å². The number of aryl methyl sites for hydroxylation is 1. The average Bonchev–Trinajstić information content (AvgIpc) is 3.15. The van der Waals surface area contributed by atoms with Gasteiger partial charge >= 0.3 is 0 Å². The fraction of sp³-hybridized carbons (Fsp3) is 0.478. The summed E-state index contributed by atoms with van der Waals surface area (Å²) in [5.41, 5.74) is 0.162. The Labute approximate surface area is 169 Å². The topological polar surface area (TPSA) is 62.5 Å². The monoisotopic (exact) mass is 398 g/mol. The van der Waals surface area contributed by atoms with Crippen LogP contribution in [0.1, 0.15) is 48.5 Å². The van der Waals surface area contributed by atoms with E-state index in [-0.39, 0.29) is 29.1 Å². The van der Waals surface area contributed by atoms with E-state index in [1.54, 1.807) is 24.1 Å². The molecule has 0 unspecified atom stereocenters. The molecule has 2 fully saturated rings. The van der Waals surface area contributed by atoms with E-state index in [1.807, 2.05) is 6.92 Å². The van der Waals surface area contributed by atoms with Gasteiger partial charge in [-0.05, 0) is 68.0 Å². The highest BCUT2D eigenvalue weighted by molar-refractivity contribution is 5.95. The predicted molar refractivity (Wildman–Crippen MR) is 109 cm³/mol. The molecule has 154 valence electrons. The number of benzene rings is 1. The normalized spacial score (nSPS) is 26.4. The van der Waals surface area contributed by atoms with Gasteiger partial charge in [0.15, 0.2) is 0 Å². The number of aromatic nitrogens is 1. The summed E-state index contributed by atoms with van der Waals surface area (Å²) in [6, 6.07) is 7.36. The van der Waals surface area contributed by atoms with Gasteiger partial charge in [-0.3, -0.25) is 14.2 Å². The number of hydrogen-bond donors (Lipinski definition) is 1. The smallest absolute Gasteiger partial charge is 0.268 e. The first kappa shape index (κ1) is 19.8. The molecule has 2 heterocycles. The molecule has 1 saturated carbocycles. The second-order valence-corrected chi connectivity index (χ2v) is 8.45. The van der Waals surface area contributed by atoms with Crippen molar-refractivity contribution < 1.29 is 14.3 Å². The van der Waals surface area contributed by atoms with E-state index in [1.165, 1.54) is 28.8 Å². The van der Waals surface area contributed by atoms with Crippen molar-refractivity contribution in [1.82, 2.24) is 9.47 Å². The highest BCUT2D eigenvalue weighted by atomic mass is 19.1. The van der Waals surface area contributed by atoms with Gasteiger partial charge < -0.3 is 10.0 Å². The number of likely N-dealkylation sites (tertiary alicyclic amines) is 1. The number of fused-ring (bicyclic) bond motifs is 1. The second kappa shape index (κ2) is 7.41. The van der Waals surface area contributed by atoms with Crippen molar-refractivity contribution in [2.24, 2.45) is 11.8 Å². The van der Waals surface area contributed by atoms with Crippen LogP contribution in [0.15, 0.2) is 41.3 Å². The minimum absolute atomic E-state index is 0.0635. The molecule has 2 aromatic rings. The van der Waals surface area contributed by atoms with Crippen LogP contribution in [-0.4, -0.2) is 39.2 Å². The Bertz CT molecular complexity index is 985. The first-order valence-electron chi connectivity index (χ1n) is 10.3. The zero-order valence-electron chi connectivity index (χ0n) is 16.9. The van der Waals surface area contributed by atoms with Crippen molar-refractivity contribution in [2.45, 2.75) is 45.1 Å². The Balaban J connectivity index is 1.67. The molecule has 1 aliphatic heterocycles. The first-order chi connectivity index (χ1) is 13.8. The molecule has 0 radical (unpaired) electrons. The molecular weight excluding hydrogens is 371 g/mol. The lowest BCUT2D eigenvalue weighted by atomic mass is 9.69. The van der Waals surface area contributed by atoms with Crippen LogP contribution in [0.2, 0.25) is 0 Å². The van der Waals surface area contributed by atoms with E-state index in [0.29, 0.717) is 30.8 Å². The van der Waals surface area contributed by atoms with E-state index in [9.17, 15) is 19.1 Å². The number of halogens is 1. The number of rotatable bonds is 3. The summed E-state index contributed by atoms with van der Waals surface area (Å²) in [4.78, 5) is 28.2. The van der Waals surface area contributed by atoms with Gasteiger partial charge in [-0.2, -0.15) is 0 Å². The number of carbonyl (C=O) groups is 1. The number of amides is 1. The quantitative estimate of drug-likeness (QED) is 0.863. The molecule has 4 rings (SSSR count). The third kappa shape index (κ3) is 3.39. The number of hydrogen-bond acceptors (Lipinski definition) is 3. The Morgan fingerprint density at radius 2 is 1.97 bits per heavy atom. The van der Waals surface area contributed by atoms with Crippen LogP contribution < -0.4 is 5.56 Å². The summed E-state index contributed by atoms with van der Waals surface area (Å²) in [6.07, 6.45) is 5.03. The summed E-state index contributed by atoms with van der Waals surface area (Å²) < 4.78 is 14.6. The van der Waals surface area contributed by atoms with E-state index in [2.05, 4.69) is 0 Å². The molecule has 1 aromatic carbocycles. The fourth-order valence-electron chi connectivity index (χ4n) is 5.08. The van der Waals surface area contributed by atoms with Crippen molar-refractivity contribution in [2.75, 3.05) is 13.1 Å². The number of aliphatic hydroxyl groups is 1. The van der Waals surface area contributed by atoms with Gasteiger partial charge in [0.05, 0.1) is 5.60 Å². The molecule has 1 amide bonds. The molecule has 0 spiro atoms. The summed E-state index contributed by atoms with van der Waals surface area (Å²) in [5, 5.41) is 11.0. The van der Waals surface area contributed by atoms with Gasteiger partial charge in [0.25, 0.3) is 11.5 Å². The Morgan fingerprint density at radius 1 is 1.24 bits per heavy atom. The van der Waals surface area contributed by atoms with Gasteiger partial charge in [0, 0.05) is 30.9 Å². The molecular formula is C23H27FN2O3. The van der Waals surface area contributed by atoms with E-state index >= 15 is 0 Å². The number of nitrogens with zero attached hydrogens (tertiary/aromatic N) is 2. The maximum Gasteiger partial charge on any atom is 0.268 e. The Hall–Kier alpha value is -2.47. The minimum Gasteiger partial charge on any atom is -0.390 e.